The summed E-state index contributed by atoms with van der Waals surface area (Å²) in [6.45, 7) is 30.0. The van der Waals surface area contributed by atoms with E-state index < -0.39 is 81.8 Å². The summed E-state index contributed by atoms with van der Waals surface area (Å²) >= 11 is 0. The molecule has 3 aliphatic rings. The fourth-order valence-electron chi connectivity index (χ4n) is 10.4. The van der Waals surface area contributed by atoms with E-state index in [4.69, 9.17) is 14.2 Å². The molecule has 21 nitrogen and oxygen atoms in total. The topological polar surface area (TPSA) is 277 Å². The minimum Gasteiger partial charge on any atom is -0.493 e. The van der Waals surface area contributed by atoms with E-state index in [0.29, 0.717) is 46.6 Å². The number of benzene rings is 4. The van der Waals surface area contributed by atoms with Crippen LogP contribution in [0.1, 0.15) is 190 Å². The standard InChI is InChI=1S/C44H64N4O7.C26H30N4O6/c1-12-42(6,7)28-21-23-33(31(26-28)43(8,9)13-2)54-25-17-20-35(49)45-29-22-24-34(55-30-18-15-14-16-19-30)32(27-29)46-38(51)36(37(50)41(3,4)5)48-39(52)44(10,11)47-40(48)53;1-6-27-22(32)16-12-13-19(36-17-10-8-7-9-11-17)18(14-16)29-23(33)20(21(31)26(3,4)5)30-24(34)15(2)28-25(30)35/h21-24,26-27,30,36H,12-20,25H2,1-11H3,(H,45,49)(H,46,51)(H,47,53);7-15,20H,6H2,1-5H3,(H,27,32)(H,28,35)(H,29,33). The summed E-state index contributed by atoms with van der Waals surface area (Å²) < 4.78 is 18.6. The second-order valence-electron chi connectivity index (χ2n) is 27.4. The van der Waals surface area contributed by atoms with Gasteiger partial charge in [0.25, 0.3) is 29.5 Å². The molecule has 492 valence electrons. The lowest BCUT2D eigenvalue weighted by molar-refractivity contribution is -0.144. The Morgan fingerprint density at radius 1 is 0.648 bits per heavy atom. The third-order valence-electron chi connectivity index (χ3n) is 16.8. The second-order valence-corrected chi connectivity index (χ2v) is 27.4. The van der Waals surface area contributed by atoms with Crippen LogP contribution in [-0.4, -0.2) is 112 Å². The summed E-state index contributed by atoms with van der Waals surface area (Å²) in [6.07, 6.45) is 7.46. The molecule has 0 bridgehead atoms. The fourth-order valence-corrected chi connectivity index (χ4v) is 10.4. The van der Waals surface area contributed by atoms with Crippen molar-refractivity contribution in [1.82, 2.24) is 25.8 Å². The Labute approximate surface area is 535 Å². The number of para-hydroxylation sites is 1. The zero-order valence-corrected chi connectivity index (χ0v) is 55.9. The molecule has 3 fully saturated rings. The van der Waals surface area contributed by atoms with E-state index >= 15 is 0 Å². The zero-order valence-electron chi connectivity index (χ0n) is 55.9. The van der Waals surface area contributed by atoms with Gasteiger partial charge in [-0.25, -0.2) is 19.4 Å². The van der Waals surface area contributed by atoms with Crippen LogP contribution in [0, 0.1) is 10.8 Å². The van der Waals surface area contributed by atoms with Crippen molar-refractivity contribution < 1.29 is 62.2 Å². The van der Waals surface area contributed by atoms with Crippen molar-refractivity contribution in [2.24, 2.45) is 10.8 Å². The van der Waals surface area contributed by atoms with Crippen molar-refractivity contribution in [3.8, 4) is 23.0 Å². The summed E-state index contributed by atoms with van der Waals surface area (Å²) in [5.41, 5.74) is -0.0155. The van der Waals surface area contributed by atoms with Gasteiger partial charge >= 0.3 is 12.1 Å². The lowest BCUT2D eigenvalue weighted by Crippen LogP contribution is -2.55. The number of hydrogen-bond acceptors (Lipinski definition) is 13. The molecule has 10 amide bonds. The molecule has 4 aromatic rings. The van der Waals surface area contributed by atoms with E-state index in [1.54, 1.807) is 90.9 Å². The first-order valence-electron chi connectivity index (χ1n) is 31.6. The first-order valence-corrected chi connectivity index (χ1v) is 31.6. The molecule has 2 saturated heterocycles. The molecule has 6 N–H and O–H groups in total. The van der Waals surface area contributed by atoms with Gasteiger partial charge in [-0.1, -0.05) is 120 Å². The number of hydrogen-bond donors (Lipinski definition) is 6. The third kappa shape index (κ3) is 17.9. The number of nitrogens with one attached hydrogen (secondary N) is 6. The highest BCUT2D eigenvalue weighted by Gasteiger charge is 2.53. The van der Waals surface area contributed by atoms with Crippen LogP contribution in [0.5, 0.6) is 23.0 Å². The summed E-state index contributed by atoms with van der Waals surface area (Å²) in [5.74, 6) is -3.08. The number of carbonyl (C=O) groups is 10. The Bertz CT molecular complexity index is 3370. The molecule has 0 radical (unpaired) electrons. The van der Waals surface area contributed by atoms with Gasteiger partial charge in [0.1, 0.15) is 28.8 Å². The van der Waals surface area contributed by atoms with Gasteiger partial charge in [-0.2, -0.15) is 0 Å². The van der Waals surface area contributed by atoms with Crippen LogP contribution >= 0.6 is 0 Å². The van der Waals surface area contributed by atoms with E-state index in [1.165, 1.54) is 44.5 Å². The monoisotopic (exact) mass is 1250 g/mol. The molecule has 3 unspecified atom stereocenters. The van der Waals surface area contributed by atoms with Crippen LogP contribution in [0.2, 0.25) is 0 Å². The molecule has 0 aromatic heterocycles. The molecule has 21 heteroatoms. The lowest BCUT2D eigenvalue weighted by atomic mass is 9.76. The van der Waals surface area contributed by atoms with Gasteiger partial charge in [0, 0.05) is 40.6 Å². The molecule has 0 spiro atoms. The third-order valence-corrected chi connectivity index (χ3v) is 16.8. The first kappa shape index (κ1) is 71.5. The Balaban J connectivity index is 0.000000316. The maximum atomic E-state index is 14.1. The average molecular weight is 1260 g/mol. The highest BCUT2D eigenvalue weighted by atomic mass is 16.5. The minimum atomic E-state index is -1.73. The summed E-state index contributed by atoms with van der Waals surface area (Å²) in [5, 5.41) is 16.0. The molecule has 2 aliphatic heterocycles. The van der Waals surface area contributed by atoms with E-state index in [2.05, 4.69) is 91.6 Å². The van der Waals surface area contributed by atoms with Crippen molar-refractivity contribution in [3.05, 3.63) is 102 Å². The number of urea groups is 2. The number of anilines is 3. The average Bonchev–Trinajstić information content (AvgIpc) is 1.81. The molecule has 3 atom stereocenters. The number of nitrogens with zero attached hydrogens (tertiary/aromatic N) is 2. The van der Waals surface area contributed by atoms with Gasteiger partial charge in [-0.15, -0.1) is 0 Å². The lowest BCUT2D eigenvalue weighted by Gasteiger charge is -2.30. The minimum absolute atomic E-state index is 0.0459. The van der Waals surface area contributed by atoms with Crippen molar-refractivity contribution >= 4 is 76.1 Å². The van der Waals surface area contributed by atoms with Crippen LogP contribution in [0.3, 0.4) is 0 Å². The molecule has 1 aliphatic carbocycles. The SMILES string of the molecule is CCC(C)(C)c1ccc(OCCCC(=O)Nc2ccc(OC3CCCCC3)c(NC(=O)C(C(=O)C(C)(C)C)N3C(=O)NC(C)(C)C3=O)c2)c(C(C)(C)CC)c1.CCNC(=O)c1ccc(Oc2ccccc2)c(NC(=O)C(C(=O)C(C)(C)C)N2C(=O)NC(C)C2=O)c1. The molecular formula is C70H94N8O13. The van der Waals surface area contributed by atoms with E-state index in [0.717, 1.165) is 56.3 Å². The van der Waals surface area contributed by atoms with Gasteiger partial charge in [-0.3, -0.25) is 38.4 Å². The molecular weight excluding hydrogens is 1160 g/mol. The van der Waals surface area contributed by atoms with Crippen molar-refractivity contribution in [2.75, 3.05) is 29.1 Å². The van der Waals surface area contributed by atoms with E-state index in [-0.39, 0.29) is 57.9 Å². The van der Waals surface area contributed by atoms with Crippen molar-refractivity contribution in [2.45, 2.75) is 209 Å². The number of carbonyl (C=O) groups excluding carboxylic acids is 10. The largest absolute Gasteiger partial charge is 0.493 e. The van der Waals surface area contributed by atoms with Crippen LogP contribution in [0.25, 0.3) is 0 Å². The molecule has 91 heavy (non-hydrogen) atoms. The Kier molecular flexibility index (Phi) is 23.2. The first-order chi connectivity index (χ1) is 42.5. The number of amides is 10. The number of ether oxygens (including phenoxy) is 3. The van der Waals surface area contributed by atoms with Gasteiger partial charge in [0.15, 0.2) is 29.4 Å². The fraction of sp³-hybridized carbons (Fsp3) is 0.514. The van der Waals surface area contributed by atoms with E-state index in [9.17, 15) is 47.9 Å². The van der Waals surface area contributed by atoms with E-state index in [1.807, 2.05) is 6.07 Å². The molecule has 4 aromatic carbocycles. The van der Waals surface area contributed by atoms with Gasteiger partial charge in [-0.05, 0) is 144 Å². The summed E-state index contributed by atoms with van der Waals surface area (Å²) in [4.78, 5) is 133. The number of imide groups is 2. The Morgan fingerprint density at radius 2 is 1.22 bits per heavy atom. The predicted molar refractivity (Wildman–Crippen MR) is 349 cm³/mol. The van der Waals surface area contributed by atoms with Crippen LogP contribution < -0.4 is 46.1 Å². The number of ketones is 2. The van der Waals surface area contributed by atoms with Crippen LogP contribution in [0.4, 0.5) is 26.7 Å². The Hall–Kier alpha value is -8.62. The predicted octanol–water partition coefficient (Wildman–Crippen LogP) is 11.9. The quantitative estimate of drug-likeness (QED) is 0.0217. The number of Topliss-reactive ketones (excluding diaryl/α,β-unsaturated/α-hetero) is 2. The maximum Gasteiger partial charge on any atom is 0.326 e. The molecule has 2 heterocycles. The highest BCUT2D eigenvalue weighted by Crippen LogP contribution is 2.40. The molecule has 7 rings (SSSR count). The second kappa shape index (κ2) is 29.6. The summed E-state index contributed by atoms with van der Waals surface area (Å²) in [7, 11) is 0. The van der Waals surface area contributed by atoms with Crippen LogP contribution in [-0.2, 0) is 44.4 Å². The van der Waals surface area contributed by atoms with Crippen molar-refractivity contribution in [3.63, 3.8) is 0 Å². The maximum absolute atomic E-state index is 14.1. The Morgan fingerprint density at radius 3 is 1.76 bits per heavy atom. The van der Waals surface area contributed by atoms with Crippen LogP contribution in [0.15, 0.2) is 84.9 Å². The van der Waals surface area contributed by atoms with Gasteiger partial charge in [0.05, 0.1) is 24.1 Å². The highest BCUT2D eigenvalue weighted by molar-refractivity contribution is 6.21. The van der Waals surface area contributed by atoms with Gasteiger partial charge in [0.2, 0.25) is 5.91 Å². The smallest absolute Gasteiger partial charge is 0.326 e. The summed E-state index contributed by atoms with van der Waals surface area (Å²) in [6, 6.07) is 18.7. The normalized spacial score (nSPS) is 16.7. The zero-order chi connectivity index (χ0) is 67.6. The molecule has 1 saturated carbocycles. The number of rotatable bonds is 24. The van der Waals surface area contributed by atoms with Gasteiger partial charge < -0.3 is 46.1 Å². The van der Waals surface area contributed by atoms with Crippen molar-refractivity contribution in [1.29, 1.82) is 0 Å².